The van der Waals surface area contributed by atoms with E-state index >= 15 is 0 Å². The number of carbonyl (C=O) groups excluding carboxylic acids is 1. The van der Waals surface area contributed by atoms with Crippen LogP contribution in [0.4, 0.5) is 0 Å². The van der Waals surface area contributed by atoms with Crippen molar-refractivity contribution < 1.29 is 18.3 Å². The summed E-state index contributed by atoms with van der Waals surface area (Å²) in [4.78, 5) is 13.5. The third-order valence-electron chi connectivity index (χ3n) is 2.55. The average Bonchev–Trinajstić information content (AvgIpc) is 2.44. The molecule has 0 aromatic heterocycles. The van der Waals surface area contributed by atoms with Gasteiger partial charge in [-0.1, -0.05) is 29.3 Å². The molecule has 0 aliphatic heterocycles. The lowest BCUT2D eigenvalue weighted by molar-refractivity contribution is 0.0944. The highest BCUT2D eigenvalue weighted by Gasteiger charge is 2.17. The van der Waals surface area contributed by atoms with Crippen LogP contribution in [0.15, 0.2) is 47.4 Å². The molecule has 22 heavy (non-hydrogen) atoms. The number of hydrazine groups is 1. The molecular formula is C13H10Cl2N2O4S. The number of hydrogen-bond acceptors (Lipinski definition) is 4. The smallest absolute Gasteiger partial charge is 0.266 e. The number of phenols is 1. The summed E-state index contributed by atoms with van der Waals surface area (Å²) >= 11 is 11.5. The highest BCUT2D eigenvalue weighted by molar-refractivity contribution is 7.89. The van der Waals surface area contributed by atoms with Crippen LogP contribution in [-0.2, 0) is 10.0 Å². The van der Waals surface area contributed by atoms with Crippen molar-refractivity contribution in [3.05, 3.63) is 58.1 Å². The quantitative estimate of drug-likeness (QED) is 0.729. The van der Waals surface area contributed by atoms with Gasteiger partial charge in [-0.3, -0.25) is 10.2 Å². The summed E-state index contributed by atoms with van der Waals surface area (Å²) in [7, 11) is -4.03. The van der Waals surface area contributed by atoms with Gasteiger partial charge >= 0.3 is 0 Å². The first-order chi connectivity index (χ1) is 10.3. The van der Waals surface area contributed by atoms with Gasteiger partial charge in [0.25, 0.3) is 15.9 Å². The fourth-order valence-electron chi connectivity index (χ4n) is 1.58. The summed E-state index contributed by atoms with van der Waals surface area (Å²) in [6.07, 6.45) is 0. The predicted octanol–water partition coefficient (Wildman–Crippen LogP) is 2.32. The van der Waals surface area contributed by atoms with Crippen LogP contribution in [0.2, 0.25) is 10.0 Å². The van der Waals surface area contributed by atoms with Crippen LogP contribution < -0.4 is 10.3 Å². The second-order valence-corrected chi connectivity index (χ2v) is 6.77. The lowest BCUT2D eigenvalue weighted by Crippen LogP contribution is -2.41. The van der Waals surface area contributed by atoms with Gasteiger partial charge < -0.3 is 5.11 Å². The van der Waals surface area contributed by atoms with Gasteiger partial charge in [-0.05, 0) is 36.4 Å². The SMILES string of the molecule is O=C(NNS(=O)(=O)c1cc(Cl)cc(Cl)c1)c1cccc(O)c1. The van der Waals surface area contributed by atoms with Crippen molar-refractivity contribution in [3.8, 4) is 5.75 Å². The molecule has 2 aromatic carbocycles. The highest BCUT2D eigenvalue weighted by Crippen LogP contribution is 2.22. The summed E-state index contributed by atoms with van der Waals surface area (Å²) in [5, 5.41) is 9.57. The molecule has 2 aromatic rings. The van der Waals surface area contributed by atoms with Crippen LogP contribution >= 0.6 is 23.2 Å². The standard InChI is InChI=1S/C13H10Cl2N2O4S/c14-9-5-10(15)7-12(6-9)22(20,21)17-16-13(19)8-2-1-3-11(18)4-8/h1-7,17-18H,(H,16,19). The highest BCUT2D eigenvalue weighted by atomic mass is 35.5. The van der Waals surface area contributed by atoms with E-state index in [-0.39, 0.29) is 26.3 Å². The van der Waals surface area contributed by atoms with E-state index in [2.05, 4.69) is 0 Å². The zero-order chi connectivity index (χ0) is 16.3. The molecule has 0 fully saturated rings. The van der Waals surface area contributed by atoms with Crippen LogP contribution in [0.1, 0.15) is 10.4 Å². The Morgan fingerprint density at radius 3 is 2.27 bits per heavy atom. The first-order valence-electron chi connectivity index (χ1n) is 5.85. The Labute approximate surface area is 136 Å². The fraction of sp³-hybridized carbons (Fsp3) is 0. The number of phenolic OH excluding ortho intramolecular Hbond substituents is 1. The molecule has 9 heteroatoms. The van der Waals surface area contributed by atoms with Crippen LogP contribution in [-0.4, -0.2) is 19.4 Å². The summed E-state index contributed by atoms with van der Waals surface area (Å²) in [6, 6.07) is 9.21. The van der Waals surface area contributed by atoms with E-state index in [1.54, 1.807) is 0 Å². The molecule has 0 bridgehead atoms. The maximum Gasteiger partial charge on any atom is 0.266 e. The van der Waals surface area contributed by atoms with Gasteiger partial charge in [0.2, 0.25) is 0 Å². The summed E-state index contributed by atoms with van der Waals surface area (Å²) in [5.41, 5.74) is 2.12. The van der Waals surface area contributed by atoms with E-state index in [0.29, 0.717) is 0 Å². The molecule has 0 unspecified atom stereocenters. The van der Waals surface area contributed by atoms with Gasteiger partial charge in [0.05, 0.1) is 4.90 Å². The zero-order valence-corrected chi connectivity index (χ0v) is 13.2. The molecule has 2 rings (SSSR count). The predicted molar refractivity (Wildman–Crippen MR) is 82.4 cm³/mol. The Morgan fingerprint density at radius 1 is 1.05 bits per heavy atom. The van der Waals surface area contributed by atoms with Gasteiger partial charge in [-0.15, -0.1) is 4.83 Å². The molecule has 6 nitrogen and oxygen atoms in total. The number of carbonyl (C=O) groups is 1. The molecule has 0 saturated carbocycles. The number of rotatable bonds is 4. The normalized spacial score (nSPS) is 11.2. The van der Waals surface area contributed by atoms with Crippen LogP contribution in [0.3, 0.4) is 0 Å². The van der Waals surface area contributed by atoms with Gasteiger partial charge in [0.15, 0.2) is 0 Å². The number of nitrogens with one attached hydrogen (secondary N) is 2. The molecule has 1 amide bonds. The minimum atomic E-state index is -4.03. The molecule has 0 aliphatic rings. The van der Waals surface area contributed by atoms with Crippen LogP contribution in [0.25, 0.3) is 0 Å². The van der Waals surface area contributed by atoms with Crippen molar-refractivity contribution in [1.82, 2.24) is 10.3 Å². The number of amides is 1. The first kappa shape index (κ1) is 16.6. The largest absolute Gasteiger partial charge is 0.508 e. The van der Waals surface area contributed by atoms with E-state index in [1.165, 1.54) is 42.5 Å². The average molecular weight is 361 g/mol. The van der Waals surface area contributed by atoms with E-state index in [1.807, 2.05) is 10.3 Å². The van der Waals surface area contributed by atoms with Crippen molar-refractivity contribution in [2.75, 3.05) is 0 Å². The van der Waals surface area contributed by atoms with Crippen molar-refractivity contribution in [3.63, 3.8) is 0 Å². The Morgan fingerprint density at radius 2 is 1.68 bits per heavy atom. The Kier molecular flexibility index (Phi) is 4.92. The lowest BCUT2D eigenvalue weighted by atomic mass is 10.2. The molecular weight excluding hydrogens is 351 g/mol. The number of benzene rings is 2. The third kappa shape index (κ3) is 4.11. The lowest BCUT2D eigenvalue weighted by Gasteiger charge is -2.09. The molecule has 3 N–H and O–H groups in total. The summed E-state index contributed by atoms with van der Waals surface area (Å²) in [6.45, 7) is 0. The topological polar surface area (TPSA) is 95.5 Å². The second-order valence-electron chi connectivity index (χ2n) is 4.22. The molecule has 0 spiro atoms. The molecule has 0 saturated heterocycles. The van der Waals surface area contributed by atoms with E-state index in [0.717, 1.165) is 0 Å². The molecule has 0 atom stereocenters. The maximum absolute atomic E-state index is 12.0. The number of sulfonamides is 1. The van der Waals surface area contributed by atoms with Gasteiger partial charge in [0, 0.05) is 15.6 Å². The van der Waals surface area contributed by atoms with Gasteiger partial charge in [-0.25, -0.2) is 8.42 Å². The Hall–Kier alpha value is -1.80. The van der Waals surface area contributed by atoms with E-state index in [9.17, 15) is 18.3 Å². The number of hydrogen-bond donors (Lipinski definition) is 3. The molecule has 0 radical (unpaired) electrons. The van der Waals surface area contributed by atoms with E-state index < -0.39 is 15.9 Å². The third-order valence-corrected chi connectivity index (χ3v) is 4.22. The molecule has 116 valence electrons. The maximum atomic E-state index is 12.0. The summed E-state index contributed by atoms with van der Waals surface area (Å²) in [5.74, 6) is -0.843. The van der Waals surface area contributed by atoms with Gasteiger partial charge in [-0.2, -0.15) is 0 Å². The van der Waals surface area contributed by atoms with Crippen LogP contribution in [0.5, 0.6) is 5.75 Å². The number of aromatic hydroxyl groups is 1. The number of halogens is 2. The van der Waals surface area contributed by atoms with Gasteiger partial charge in [0.1, 0.15) is 5.75 Å². The second kappa shape index (κ2) is 6.53. The van der Waals surface area contributed by atoms with Crippen molar-refractivity contribution in [2.24, 2.45) is 0 Å². The van der Waals surface area contributed by atoms with E-state index in [4.69, 9.17) is 23.2 Å². The fourth-order valence-corrected chi connectivity index (χ4v) is 3.14. The molecule has 0 heterocycles. The first-order valence-corrected chi connectivity index (χ1v) is 8.09. The summed E-state index contributed by atoms with van der Waals surface area (Å²) < 4.78 is 24.1. The van der Waals surface area contributed by atoms with Crippen molar-refractivity contribution >= 4 is 39.1 Å². The Balaban J connectivity index is 2.14. The monoisotopic (exact) mass is 360 g/mol. The van der Waals surface area contributed by atoms with Crippen LogP contribution in [0, 0.1) is 0 Å². The minimum absolute atomic E-state index is 0.0897. The zero-order valence-electron chi connectivity index (χ0n) is 10.9. The molecule has 0 aliphatic carbocycles. The minimum Gasteiger partial charge on any atom is -0.508 e. The Bertz CT molecular complexity index is 804. The van der Waals surface area contributed by atoms with Crippen molar-refractivity contribution in [1.29, 1.82) is 0 Å². The van der Waals surface area contributed by atoms with Crippen molar-refractivity contribution in [2.45, 2.75) is 4.90 Å².